The van der Waals surface area contributed by atoms with Crippen LogP contribution in [0.2, 0.25) is 0 Å². The van der Waals surface area contributed by atoms with E-state index in [-0.39, 0.29) is 18.6 Å². The first-order valence-electron chi connectivity index (χ1n) is 7.58. The molecule has 7 nitrogen and oxygen atoms in total. The predicted octanol–water partition coefficient (Wildman–Crippen LogP) is 0.138. The van der Waals surface area contributed by atoms with Gasteiger partial charge in [0.2, 0.25) is 0 Å². The number of aliphatic hydroxyl groups is 1. The van der Waals surface area contributed by atoms with Gasteiger partial charge >= 0.3 is 12.0 Å². The molecule has 2 amide bonds. The highest BCUT2D eigenvalue weighted by Gasteiger charge is 2.32. The number of hydrogen-bond acceptors (Lipinski definition) is 4. The van der Waals surface area contributed by atoms with Crippen LogP contribution in [-0.2, 0) is 4.79 Å². The van der Waals surface area contributed by atoms with Gasteiger partial charge in [-0.25, -0.2) is 4.79 Å². The first-order valence-corrected chi connectivity index (χ1v) is 7.58. The number of nitrogens with zero attached hydrogens (tertiary/aromatic N) is 1. The molecule has 0 spiro atoms. The van der Waals surface area contributed by atoms with Crippen molar-refractivity contribution in [2.24, 2.45) is 0 Å². The highest BCUT2D eigenvalue weighted by molar-refractivity contribution is 5.74. The lowest BCUT2D eigenvalue weighted by atomic mass is 9.98. The first-order chi connectivity index (χ1) is 9.85. The SMILES string of the molecule is CC(O)(CNC(=O)NC1CCN2CCCC2C1)CC(=O)O. The largest absolute Gasteiger partial charge is 0.481 e. The van der Waals surface area contributed by atoms with Gasteiger partial charge in [-0.05, 0) is 39.2 Å². The fourth-order valence-electron chi connectivity index (χ4n) is 3.25. The number of piperidine rings is 1. The average Bonchev–Trinajstić information content (AvgIpc) is 2.82. The van der Waals surface area contributed by atoms with E-state index in [0.717, 1.165) is 19.4 Å². The molecular weight excluding hydrogens is 274 g/mol. The monoisotopic (exact) mass is 299 g/mol. The van der Waals surface area contributed by atoms with Gasteiger partial charge in [0.05, 0.1) is 12.0 Å². The predicted molar refractivity (Wildman–Crippen MR) is 77.0 cm³/mol. The minimum Gasteiger partial charge on any atom is -0.481 e. The van der Waals surface area contributed by atoms with Crippen LogP contribution < -0.4 is 10.6 Å². The highest BCUT2D eigenvalue weighted by atomic mass is 16.4. The molecule has 0 saturated carbocycles. The first kappa shape index (κ1) is 16.0. The molecule has 120 valence electrons. The summed E-state index contributed by atoms with van der Waals surface area (Å²) in [5, 5.41) is 24.0. The Balaban J connectivity index is 1.71. The van der Waals surface area contributed by atoms with E-state index in [9.17, 15) is 14.7 Å². The molecule has 2 rings (SSSR count). The molecule has 7 heteroatoms. The van der Waals surface area contributed by atoms with Gasteiger partial charge in [-0.15, -0.1) is 0 Å². The van der Waals surface area contributed by atoms with Gasteiger partial charge in [-0.1, -0.05) is 0 Å². The van der Waals surface area contributed by atoms with Crippen LogP contribution in [0.5, 0.6) is 0 Å². The molecule has 2 aliphatic rings. The lowest BCUT2D eigenvalue weighted by Gasteiger charge is -2.35. The molecular formula is C14H25N3O4. The van der Waals surface area contributed by atoms with Crippen molar-refractivity contribution in [3.8, 4) is 0 Å². The number of carbonyl (C=O) groups excluding carboxylic acids is 1. The molecule has 3 atom stereocenters. The Hall–Kier alpha value is -1.34. The minimum absolute atomic E-state index is 0.0760. The number of carboxylic acid groups (broad SMARTS) is 1. The fourth-order valence-corrected chi connectivity index (χ4v) is 3.25. The molecule has 21 heavy (non-hydrogen) atoms. The smallest absolute Gasteiger partial charge is 0.315 e. The van der Waals surface area contributed by atoms with E-state index in [1.807, 2.05) is 0 Å². The lowest BCUT2D eigenvalue weighted by Crippen LogP contribution is -2.52. The highest BCUT2D eigenvalue weighted by Crippen LogP contribution is 2.26. The van der Waals surface area contributed by atoms with Crippen LogP contribution in [0.3, 0.4) is 0 Å². The van der Waals surface area contributed by atoms with Gasteiger partial charge in [0, 0.05) is 25.2 Å². The number of aliphatic carboxylic acids is 1. The molecule has 4 N–H and O–H groups in total. The summed E-state index contributed by atoms with van der Waals surface area (Å²) in [6.45, 7) is 3.51. The Kier molecular flexibility index (Phi) is 5.05. The summed E-state index contributed by atoms with van der Waals surface area (Å²) < 4.78 is 0. The van der Waals surface area contributed by atoms with Crippen molar-refractivity contribution in [2.75, 3.05) is 19.6 Å². The van der Waals surface area contributed by atoms with Crippen LogP contribution in [0.4, 0.5) is 4.79 Å². The van der Waals surface area contributed by atoms with Crippen LogP contribution in [0.25, 0.3) is 0 Å². The summed E-state index contributed by atoms with van der Waals surface area (Å²) in [5.41, 5.74) is -1.43. The van der Waals surface area contributed by atoms with E-state index >= 15 is 0 Å². The fraction of sp³-hybridized carbons (Fsp3) is 0.857. The van der Waals surface area contributed by atoms with Gasteiger partial charge in [0.15, 0.2) is 0 Å². The Labute approximate surface area is 124 Å². The number of fused-ring (bicyclic) bond motifs is 1. The number of amides is 2. The Morgan fingerprint density at radius 1 is 1.33 bits per heavy atom. The molecule has 0 aliphatic carbocycles. The quantitative estimate of drug-likeness (QED) is 0.578. The van der Waals surface area contributed by atoms with Crippen molar-refractivity contribution < 1.29 is 19.8 Å². The summed E-state index contributed by atoms with van der Waals surface area (Å²) >= 11 is 0. The molecule has 2 saturated heterocycles. The second-order valence-corrected chi connectivity index (χ2v) is 6.45. The van der Waals surface area contributed by atoms with Gasteiger partial charge in [-0.2, -0.15) is 0 Å². The zero-order chi connectivity index (χ0) is 15.5. The zero-order valence-corrected chi connectivity index (χ0v) is 12.5. The Bertz CT molecular complexity index is 400. The van der Waals surface area contributed by atoms with E-state index in [4.69, 9.17) is 5.11 Å². The summed E-state index contributed by atoms with van der Waals surface area (Å²) in [4.78, 5) is 24.9. The molecule has 2 aliphatic heterocycles. The number of nitrogens with one attached hydrogen (secondary N) is 2. The van der Waals surface area contributed by atoms with E-state index in [2.05, 4.69) is 15.5 Å². The van der Waals surface area contributed by atoms with Crippen molar-refractivity contribution in [2.45, 2.75) is 56.7 Å². The third-order valence-electron chi connectivity index (χ3n) is 4.32. The van der Waals surface area contributed by atoms with E-state index in [1.165, 1.54) is 26.3 Å². The number of rotatable bonds is 5. The topological polar surface area (TPSA) is 102 Å². The van der Waals surface area contributed by atoms with Crippen molar-refractivity contribution in [3.63, 3.8) is 0 Å². The van der Waals surface area contributed by atoms with E-state index in [1.54, 1.807) is 0 Å². The third-order valence-corrected chi connectivity index (χ3v) is 4.32. The third kappa shape index (κ3) is 4.86. The maximum atomic E-state index is 11.8. The van der Waals surface area contributed by atoms with Crippen LogP contribution in [0.1, 0.15) is 39.0 Å². The molecule has 2 heterocycles. The molecule has 3 unspecified atom stereocenters. The summed E-state index contributed by atoms with van der Waals surface area (Å²) in [7, 11) is 0. The lowest BCUT2D eigenvalue weighted by molar-refractivity contribution is -0.141. The maximum absolute atomic E-state index is 11.8. The van der Waals surface area contributed by atoms with Crippen LogP contribution in [0, 0.1) is 0 Å². The number of hydrogen-bond donors (Lipinski definition) is 4. The van der Waals surface area contributed by atoms with Crippen LogP contribution >= 0.6 is 0 Å². The molecule has 0 bridgehead atoms. The summed E-state index contributed by atoms with van der Waals surface area (Å²) in [5.74, 6) is -1.09. The average molecular weight is 299 g/mol. The number of carboxylic acids is 1. The van der Waals surface area contributed by atoms with Gasteiger partial charge < -0.3 is 25.7 Å². The minimum atomic E-state index is -1.43. The van der Waals surface area contributed by atoms with Crippen molar-refractivity contribution in [1.29, 1.82) is 0 Å². The number of urea groups is 1. The Morgan fingerprint density at radius 2 is 2.10 bits per heavy atom. The van der Waals surface area contributed by atoms with Crippen LogP contribution in [0.15, 0.2) is 0 Å². The molecule has 0 aromatic carbocycles. The molecule has 0 radical (unpaired) electrons. The van der Waals surface area contributed by atoms with Gasteiger partial charge in [0.1, 0.15) is 0 Å². The van der Waals surface area contributed by atoms with Crippen LogP contribution in [-0.4, -0.2) is 64.4 Å². The standard InChI is InChI=1S/C14H25N3O4/c1-14(21,8-12(18)19)9-15-13(20)16-10-4-6-17-5-2-3-11(17)7-10/h10-11,21H,2-9H2,1H3,(H,18,19)(H2,15,16,20). The second-order valence-electron chi connectivity index (χ2n) is 6.45. The van der Waals surface area contributed by atoms with Crippen molar-refractivity contribution in [3.05, 3.63) is 0 Å². The summed E-state index contributed by atoms with van der Waals surface area (Å²) in [6, 6.07) is 0.407. The van der Waals surface area contributed by atoms with Gasteiger partial charge in [-0.3, -0.25) is 4.79 Å². The van der Waals surface area contributed by atoms with Crippen molar-refractivity contribution in [1.82, 2.24) is 15.5 Å². The maximum Gasteiger partial charge on any atom is 0.315 e. The normalized spacial score (nSPS) is 28.5. The Morgan fingerprint density at radius 3 is 2.81 bits per heavy atom. The van der Waals surface area contributed by atoms with E-state index < -0.39 is 18.0 Å². The second kappa shape index (κ2) is 6.62. The number of carbonyl (C=O) groups is 2. The molecule has 2 fully saturated rings. The molecule has 0 aromatic rings. The molecule has 0 aromatic heterocycles. The van der Waals surface area contributed by atoms with E-state index in [0.29, 0.717) is 6.04 Å². The van der Waals surface area contributed by atoms with Gasteiger partial charge in [0.25, 0.3) is 0 Å². The summed E-state index contributed by atoms with van der Waals surface area (Å²) in [6.07, 6.45) is 3.96. The van der Waals surface area contributed by atoms with Crippen molar-refractivity contribution >= 4 is 12.0 Å². The zero-order valence-electron chi connectivity index (χ0n) is 12.5.